The van der Waals surface area contributed by atoms with Crippen LogP contribution >= 0.6 is 0 Å². The van der Waals surface area contributed by atoms with Gasteiger partial charge in [0, 0.05) is 18.3 Å². The Balaban J connectivity index is 2.12. The molecule has 3 nitrogen and oxygen atoms in total. The topological polar surface area (TPSA) is 41.3 Å². The van der Waals surface area contributed by atoms with Gasteiger partial charge >= 0.3 is 0 Å². The van der Waals surface area contributed by atoms with E-state index >= 15 is 0 Å². The smallest absolute Gasteiger partial charge is 0.0358 e. The van der Waals surface area contributed by atoms with Gasteiger partial charge in [0.15, 0.2) is 0 Å². The first-order valence-electron chi connectivity index (χ1n) is 6.42. The van der Waals surface area contributed by atoms with Gasteiger partial charge in [0.1, 0.15) is 0 Å². The fourth-order valence-corrected chi connectivity index (χ4v) is 2.86. The Hall–Kier alpha value is -1.06. The van der Waals surface area contributed by atoms with Crippen LogP contribution in [0.1, 0.15) is 24.4 Å². The Bertz CT molecular complexity index is 347. The highest BCUT2D eigenvalue weighted by molar-refractivity contribution is 5.40. The summed E-state index contributed by atoms with van der Waals surface area (Å²) in [6.07, 6.45) is 2.61. The molecule has 1 heterocycles. The van der Waals surface area contributed by atoms with Crippen LogP contribution in [0.4, 0.5) is 5.69 Å². The van der Waals surface area contributed by atoms with Gasteiger partial charge in [-0.05, 0) is 57.1 Å². The lowest BCUT2D eigenvalue weighted by molar-refractivity contribution is 0.177. The number of hydrogen-bond donors (Lipinski definition) is 2. The predicted octanol–water partition coefficient (Wildman–Crippen LogP) is 1.87. The van der Waals surface area contributed by atoms with Gasteiger partial charge in [-0.15, -0.1) is 0 Å². The Labute approximate surface area is 104 Å². The van der Waals surface area contributed by atoms with Crippen LogP contribution < -0.4 is 11.1 Å². The minimum absolute atomic E-state index is 0.443. The van der Waals surface area contributed by atoms with E-state index in [1.165, 1.54) is 31.5 Å². The predicted molar refractivity (Wildman–Crippen MR) is 72.9 cm³/mol. The number of rotatable bonds is 3. The molecule has 0 radical (unpaired) electrons. The van der Waals surface area contributed by atoms with Gasteiger partial charge in [-0.3, -0.25) is 0 Å². The molecule has 17 heavy (non-hydrogen) atoms. The van der Waals surface area contributed by atoms with Crippen molar-refractivity contribution >= 4 is 5.69 Å². The van der Waals surface area contributed by atoms with Gasteiger partial charge in [-0.25, -0.2) is 0 Å². The standard InChI is InChI=1S/C14H23N3/c1-16-14(11-5-7-13(15)8-6-11)12-4-3-9-17(2)10-12/h5-8,12,14,16H,3-4,9-10,15H2,1-2H3. The van der Waals surface area contributed by atoms with Crippen molar-refractivity contribution in [2.24, 2.45) is 5.92 Å². The Morgan fingerprint density at radius 1 is 1.35 bits per heavy atom. The van der Waals surface area contributed by atoms with Crippen LogP contribution in [0.5, 0.6) is 0 Å². The summed E-state index contributed by atoms with van der Waals surface area (Å²) in [7, 11) is 4.26. The average molecular weight is 233 g/mol. The molecule has 1 fully saturated rings. The lowest BCUT2D eigenvalue weighted by Crippen LogP contribution is -2.38. The molecule has 1 aliphatic heterocycles. The number of nitrogens with two attached hydrogens (primary N) is 1. The van der Waals surface area contributed by atoms with Crippen molar-refractivity contribution in [2.45, 2.75) is 18.9 Å². The number of nitrogens with zero attached hydrogens (tertiary/aromatic N) is 1. The zero-order valence-electron chi connectivity index (χ0n) is 10.8. The maximum absolute atomic E-state index is 5.74. The highest BCUT2D eigenvalue weighted by atomic mass is 15.1. The summed E-state index contributed by atoms with van der Waals surface area (Å²) in [5.41, 5.74) is 7.93. The number of piperidine rings is 1. The van der Waals surface area contributed by atoms with Crippen LogP contribution in [0.15, 0.2) is 24.3 Å². The molecule has 0 amide bonds. The number of nitrogen functional groups attached to an aromatic ring is 1. The van der Waals surface area contributed by atoms with E-state index in [0.717, 1.165) is 5.69 Å². The van der Waals surface area contributed by atoms with E-state index in [4.69, 9.17) is 5.73 Å². The molecular formula is C14H23N3. The normalized spacial score (nSPS) is 23.5. The summed E-state index contributed by atoms with van der Waals surface area (Å²) in [4.78, 5) is 2.43. The van der Waals surface area contributed by atoms with Gasteiger partial charge in [0.25, 0.3) is 0 Å². The maximum Gasteiger partial charge on any atom is 0.0358 e. The summed E-state index contributed by atoms with van der Waals surface area (Å²) < 4.78 is 0. The summed E-state index contributed by atoms with van der Waals surface area (Å²) >= 11 is 0. The number of benzene rings is 1. The first kappa shape index (κ1) is 12.4. The fraction of sp³-hybridized carbons (Fsp3) is 0.571. The van der Waals surface area contributed by atoms with Crippen LogP contribution in [-0.4, -0.2) is 32.1 Å². The van der Waals surface area contributed by atoms with E-state index in [9.17, 15) is 0 Å². The molecule has 0 saturated carbocycles. The third-order valence-electron chi connectivity index (χ3n) is 3.74. The van der Waals surface area contributed by atoms with Gasteiger partial charge in [0.05, 0.1) is 0 Å². The Kier molecular flexibility index (Phi) is 4.02. The zero-order valence-corrected chi connectivity index (χ0v) is 10.8. The molecule has 1 aromatic rings. The molecule has 94 valence electrons. The average Bonchev–Trinajstić information content (AvgIpc) is 2.33. The molecule has 0 spiro atoms. The van der Waals surface area contributed by atoms with Crippen LogP contribution in [0.3, 0.4) is 0 Å². The highest BCUT2D eigenvalue weighted by Gasteiger charge is 2.25. The third kappa shape index (κ3) is 2.99. The minimum atomic E-state index is 0.443. The monoisotopic (exact) mass is 233 g/mol. The van der Waals surface area contributed by atoms with E-state index in [-0.39, 0.29) is 0 Å². The van der Waals surface area contributed by atoms with Crippen molar-refractivity contribution in [3.05, 3.63) is 29.8 Å². The van der Waals surface area contributed by atoms with E-state index < -0.39 is 0 Å². The molecule has 3 N–H and O–H groups in total. The van der Waals surface area contributed by atoms with E-state index in [1.54, 1.807) is 0 Å². The molecule has 1 saturated heterocycles. The molecule has 1 aliphatic rings. The SMILES string of the molecule is CNC(c1ccc(N)cc1)C1CCCN(C)C1. The minimum Gasteiger partial charge on any atom is -0.399 e. The van der Waals surface area contributed by atoms with Gasteiger partial charge in [-0.2, -0.15) is 0 Å². The number of anilines is 1. The quantitative estimate of drug-likeness (QED) is 0.783. The molecule has 0 aromatic heterocycles. The molecule has 2 unspecified atom stereocenters. The van der Waals surface area contributed by atoms with Crippen LogP contribution in [0, 0.1) is 5.92 Å². The van der Waals surface area contributed by atoms with Gasteiger partial charge in [-0.1, -0.05) is 12.1 Å². The summed E-state index contributed by atoms with van der Waals surface area (Å²) in [6, 6.07) is 8.72. The van der Waals surface area contributed by atoms with Gasteiger partial charge in [0.2, 0.25) is 0 Å². The van der Waals surface area contributed by atoms with E-state index in [0.29, 0.717) is 12.0 Å². The largest absolute Gasteiger partial charge is 0.399 e. The molecule has 0 aliphatic carbocycles. The first-order chi connectivity index (χ1) is 8.20. The molecule has 2 rings (SSSR count). The van der Waals surface area contributed by atoms with E-state index in [2.05, 4.69) is 36.4 Å². The van der Waals surface area contributed by atoms with Crippen molar-refractivity contribution in [3.63, 3.8) is 0 Å². The second-order valence-electron chi connectivity index (χ2n) is 5.10. The van der Waals surface area contributed by atoms with Crippen molar-refractivity contribution in [1.82, 2.24) is 10.2 Å². The van der Waals surface area contributed by atoms with Crippen molar-refractivity contribution < 1.29 is 0 Å². The van der Waals surface area contributed by atoms with Gasteiger partial charge < -0.3 is 16.0 Å². The lowest BCUT2D eigenvalue weighted by atomic mass is 9.86. The lowest BCUT2D eigenvalue weighted by Gasteiger charge is -2.35. The second-order valence-corrected chi connectivity index (χ2v) is 5.10. The van der Waals surface area contributed by atoms with Crippen molar-refractivity contribution in [1.29, 1.82) is 0 Å². The number of likely N-dealkylation sites (tertiary alicyclic amines) is 1. The Morgan fingerprint density at radius 3 is 2.65 bits per heavy atom. The second kappa shape index (κ2) is 5.52. The molecule has 3 heteroatoms. The number of hydrogen-bond acceptors (Lipinski definition) is 3. The number of nitrogens with one attached hydrogen (secondary N) is 1. The molecule has 1 aromatic carbocycles. The van der Waals surface area contributed by atoms with E-state index in [1.807, 2.05) is 12.1 Å². The first-order valence-corrected chi connectivity index (χ1v) is 6.42. The summed E-state index contributed by atoms with van der Waals surface area (Å²) in [5.74, 6) is 0.697. The molecule has 0 bridgehead atoms. The zero-order chi connectivity index (χ0) is 12.3. The highest BCUT2D eigenvalue weighted by Crippen LogP contribution is 2.29. The maximum atomic E-state index is 5.74. The fourth-order valence-electron chi connectivity index (χ4n) is 2.86. The Morgan fingerprint density at radius 2 is 2.06 bits per heavy atom. The van der Waals surface area contributed by atoms with Crippen molar-refractivity contribution in [3.8, 4) is 0 Å². The van der Waals surface area contributed by atoms with Crippen molar-refractivity contribution in [2.75, 3.05) is 32.9 Å². The molecular weight excluding hydrogens is 210 g/mol. The van der Waals surface area contributed by atoms with Crippen LogP contribution in [0.25, 0.3) is 0 Å². The summed E-state index contributed by atoms with van der Waals surface area (Å²) in [5, 5.41) is 3.46. The van der Waals surface area contributed by atoms with Crippen LogP contribution in [-0.2, 0) is 0 Å². The molecule has 2 atom stereocenters. The third-order valence-corrected chi connectivity index (χ3v) is 3.74. The summed E-state index contributed by atoms with van der Waals surface area (Å²) in [6.45, 7) is 2.41. The van der Waals surface area contributed by atoms with Crippen LogP contribution in [0.2, 0.25) is 0 Å².